The molecule has 1 fully saturated rings. The number of ether oxygens (including phenoxy) is 2. The highest BCUT2D eigenvalue weighted by Crippen LogP contribution is 2.23. The number of morpholine rings is 1. The van der Waals surface area contributed by atoms with Crippen LogP contribution < -0.4 is 4.74 Å². The van der Waals surface area contributed by atoms with Gasteiger partial charge >= 0.3 is 0 Å². The fourth-order valence-corrected chi connectivity index (χ4v) is 2.93. The molecule has 1 heterocycles. The average molecular weight is 344 g/mol. The largest absolute Gasteiger partial charge is 0.490 e. The van der Waals surface area contributed by atoms with Gasteiger partial charge in [-0.05, 0) is 41.9 Å². The van der Waals surface area contributed by atoms with Crippen LogP contribution in [0, 0.1) is 0 Å². The maximum atomic E-state index is 10.1. The molecule has 0 spiro atoms. The molecule has 1 aliphatic rings. The Morgan fingerprint density at radius 2 is 2.00 bits per heavy atom. The number of aliphatic hydroxyl groups is 1. The van der Waals surface area contributed by atoms with Crippen LogP contribution in [0.3, 0.4) is 0 Å². The zero-order valence-electron chi connectivity index (χ0n) is 12.0. The summed E-state index contributed by atoms with van der Waals surface area (Å²) in [7, 11) is 0. The van der Waals surface area contributed by atoms with Gasteiger partial charge in [-0.2, -0.15) is 0 Å². The first kappa shape index (κ1) is 15.8. The van der Waals surface area contributed by atoms with Gasteiger partial charge in [0.1, 0.15) is 18.5 Å². The summed E-state index contributed by atoms with van der Waals surface area (Å²) in [5, 5.41) is 10.1. The van der Waals surface area contributed by atoms with Crippen LogP contribution in [-0.4, -0.2) is 54.6 Å². The molecule has 1 aromatic rings. The Morgan fingerprint density at radius 3 is 2.65 bits per heavy atom. The number of β-amino-alcohol motifs (C(OH)–C–C–N with tert-alkyl or cyclic N) is 1. The number of para-hydroxylation sites is 1. The molecule has 1 aromatic carbocycles. The zero-order valence-corrected chi connectivity index (χ0v) is 13.5. The maximum absolute atomic E-state index is 10.1. The van der Waals surface area contributed by atoms with E-state index in [1.807, 2.05) is 24.3 Å². The number of benzene rings is 1. The first-order chi connectivity index (χ1) is 9.54. The fraction of sp³-hybridized carbons (Fsp3) is 0.600. The molecule has 0 radical (unpaired) electrons. The smallest absolute Gasteiger partial charge is 0.133 e. The standard InChI is InChI=1S/C15H22BrNO3/c1-11-7-17(8-12(2)20-11)9-13(18)10-19-15-6-4-3-5-14(15)16/h3-6,11-13,18H,7-10H2,1-2H3/t11-,12+,13-/m1/s1. The number of hydrogen-bond acceptors (Lipinski definition) is 4. The molecule has 1 aliphatic heterocycles. The van der Waals surface area contributed by atoms with Crippen molar-refractivity contribution in [2.75, 3.05) is 26.2 Å². The highest BCUT2D eigenvalue weighted by molar-refractivity contribution is 9.10. The molecule has 1 N–H and O–H groups in total. The normalized spacial score (nSPS) is 25.4. The van der Waals surface area contributed by atoms with E-state index in [1.54, 1.807) is 0 Å². The lowest BCUT2D eigenvalue weighted by molar-refractivity contribution is -0.0787. The van der Waals surface area contributed by atoms with Crippen molar-refractivity contribution in [3.8, 4) is 5.75 Å². The second kappa shape index (κ2) is 7.41. The van der Waals surface area contributed by atoms with Gasteiger partial charge in [0.2, 0.25) is 0 Å². The molecule has 0 unspecified atom stereocenters. The molecule has 0 bridgehead atoms. The minimum Gasteiger partial charge on any atom is -0.490 e. The third-order valence-electron chi connectivity index (χ3n) is 3.23. The lowest BCUT2D eigenvalue weighted by atomic mass is 10.2. The summed E-state index contributed by atoms with van der Waals surface area (Å²) in [4.78, 5) is 2.23. The molecule has 112 valence electrons. The monoisotopic (exact) mass is 343 g/mol. The number of hydrogen-bond donors (Lipinski definition) is 1. The summed E-state index contributed by atoms with van der Waals surface area (Å²) < 4.78 is 12.2. The second-order valence-electron chi connectivity index (χ2n) is 5.37. The van der Waals surface area contributed by atoms with Crippen molar-refractivity contribution in [2.24, 2.45) is 0 Å². The average Bonchev–Trinajstić information content (AvgIpc) is 2.36. The summed E-state index contributed by atoms with van der Waals surface area (Å²) >= 11 is 3.43. The van der Waals surface area contributed by atoms with Crippen molar-refractivity contribution in [1.29, 1.82) is 0 Å². The van der Waals surface area contributed by atoms with Gasteiger partial charge in [-0.1, -0.05) is 12.1 Å². The minimum absolute atomic E-state index is 0.218. The van der Waals surface area contributed by atoms with Crippen LogP contribution in [0.25, 0.3) is 0 Å². The van der Waals surface area contributed by atoms with E-state index in [2.05, 4.69) is 34.7 Å². The van der Waals surface area contributed by atoms with Crippen LogP contribution in [-0.2, 0) is 4.74 Å². The van der Waals surface area contributed by atoms with Crippen molar-refractivity contribution < 1.29 is 14.6 Å². The maximum Gasteiger partial charge on any atom is 0.133 e. The topological polar surface area (TPSA) is 41.9 Å². The molecule has 0 amide bonds. The van der Waals surface area contributed by atoms with E-state index < -0.39 is 6.10 Å². The van der Waals surface area contributed by atoms with Crippen LogP contribution in [0.2, 0.25) is 0 Å². The summed E-state index contributed by atoms with van der Waals surface area (Å²) in [6.07, 6.45) is -0.0649. The van der Waals surface area contributed by atoms with Gasteiger partial charge < -0.3 is 14.6 Å². The highest BCUT2D eigenvalue weighted by Gasteiger charge is 2.23. The van der Waals surface area contributed by atoms with Gasteiger partial charge in [0.25, 0.3) is 0 Å². The fourth-order valence-electron chi connectivity index (χ4n) is 2.53. The van der Waals surface area contributed by atoms with Crippen LogP contribution in [0.1, 0.15) is 13.8 Å². The summed E-state index contributed by atoms with van der Waals surface area (Å²) in [5.74, 6) is 0.760. The van der Waals surface area contributed by atoms with Crippen LogP contribution in [0.15, 0.2) is 28.7 Å². The van der Waals surface area contributed by atoms with Gasteiger partial charge in [0.15, 0.2) is 0 Å². The Balaban J connectivity index is 1.78. The molecule has 4 nitrogen and oxygen atoms in total. The third-order valence-corrected chi connectivity index (χ3v) is 3.89. The van der Waals surface area contributed by atoms with Gasteiger partial charge in [-0.3, -0.25) is 4.90 Å². The van der Waals surface area contributed by atoms with Gasteiger partial charge in [-0.25, -0.2) is 0 Å². The molecule has 5 heteroatoms. The predicted molar refractivity (Wildman–Crippen MR) is 82.1 cm³/mol. The van der Waals surface area contributed by atoms with E-state index >= 15 is 0 Å². The van der Waals surface area contributed by atoms with E-state index in [9.17, 15) is 5.11 Å². The van der Waals surface area contributed by atoms with Gasteiger partial charge in [-0.15, -0.1) is 0 Å². The summed E-state index contributed by atoms with van der Waals surface area (Å²) in [6.45, 7) is 6.75. The van der Waals surface area contributed by atoms with Crippen molar-refractivity contribution in [1.82, 2.24) is 4.90 Å². The lowest BCUT2D eigenvalue weighted by Crippen LogP contribution is -2.48. The quantitative estimate of drug-likeness (QED) is 0.890. The predicted octanol–water partition coefficient (Wildman–Crippen LogP) is 2.30. The third kappa shape index (κ3) is 4.74. The SMILES string of the molecule is C[C@@H]1CN(C[C@@H](O)COc2ccccc2Br)C[C@H](C)O1. The Hall–Kier alpha value is -0.620. The Bertz CT molecular complexity index is 419. The number of rotatable bonds is 5. The molecule has 1 saturated heterocycles. The Morgan fingerprint density at radius 1 is 1.35 bits per heavy atom. The Labute approximate surface area is 128 Å². The first-order valence-corrected chi connectivity index (χ1v) is 7.77. The zero-order chi connectivity index (χ0) is 14.5. The van der Waals surface area contributed by atoms with E-state index in [0.29, 0.717) is 13.2 Å². The number of aliphatic hydroxyl groups excluding tert-OH is 1. The van der Waals surface area contributed by atoms with E-state index in [4.69, 9.17) is 9.47 Å². The number of halogens is 1. The molecule has 3 atom stereocenters. The summed E-state index contributed by atoms with van der Waals surface area (Å²) in [6, 6.07) is 7.66. The van der Waals surface area contributed by atoms with Crippen LogP contribution in [0.4, 0.5) is 0 Å². The first-order valence-electron chi connectivity index (χ1n) is 6.98. The molecule has 0 saturated carbocycles. The molecule has 0 aromatic heterocycles. The Kier molecular flexibility index (Phi) is 5.84. The van der Waals surface area contributed by atoms with E-state index in [0.717, 1.165) is 23.3 Å². The van der Waals surface area contributed by atoms with Crippen molar-refractivity contribution in [3.05, 3.63) is 28.7 Å². The molecular weight excluding hydrogens is 322 g/mol. The van der Waals surface area contributed by atoms with Gasteiger partial charge in [0.05, 0.1) is 16.7 Å². The van der Waals surface area contributed by atoms with Crippen LogP contribution >= 0.6 is 15.9 Å². The van der Waals surface area contributed by atoms with Crippen LogP contribution in [0.5, 0.6) is 5.75 Å². The van der Waals surface area contributed by atoms with E-state index in [-0.39, 0.29) is 12.2 Å². The summed E-state index contributed by atoms with van der Waals surface area (Å²) in [5.41, 5.74) is 0. The van der Waals surface area contributed by atoms with E-state index in [1.165, 1.54) is 0 Å². The molecular formula is C15H22BrNO3. The lowest BCUT2D eigenvalue weighted by Gasteiger charge is -2.36. The highest BCUT2D eigenvalue weighted by atomic mass is 79.9. The van der Waals surface area contributed by atoms with Crippen molar-refractivity contribution >= 4 is 15.9 Å². The number of nitrogens with zero attached hydrogens (tertiary/aromatic N) is 1. The molecule has 20 heavy (non-hydrogen) atoms. The van der Waals surface area contributed by atoms with Gasteiger partial charge in [0, 0.05) is 19.6 Å². The molecule has 2 rings (SSSR count). The molecule has 0 aliphatic carbocycles. The van der Waals surface area contributed by atoms with Crippen molar-refractivity contribution in [3.63, 3.8) is 0 Å². The van der Waals surface area contributed by atoms with Crippen molar-refractivity contribution in [2.45, 2.75) is 32.2 Å². The minimum atomic E-state index is -0.500. The second-order valence-corrected chi connectivity index (χ2v) is 6.23.